The Morgan fingerprint density at radius 1 is 1.08 bits per heavy atom. The van der Waals surface area contributed by atoms with Gasteiger partial charge in [-0.15, -0.1) is 0 Å². The molecule has 1 aromatic carbocycles. The summed E-state index contributed by atoms with van der Waals surface area (Å²) in [5.41, 5.74) is -1.31. The van der Waals surface area contributed by atoms with Crippen molar-refractivity contribution in [2.75, 3.05) is 13.1 Å². The number of piperidine rings is 1. The molecule has 4 aliphatic rings. The Labute approximate surface area is 210 Å². The van der Waals surface area contributed by atoms with Crippen molar-refractivity contribution in [1.82, 2.24) is 9.62 Å². The van der Waals surface area contributed by atoms with Gasteiger partial charge in [-0.3, -0.25) is 9.79 Å². The average molecular weight is 524 g/mol. The first kappa shape index (κ1) is 25.4. The molecule has 3 fully saturated rings. The number of sulfonamides is 1. The van der Waals surface area contributed by atoms with Crippen molar-refractivity contribution in [2.45, 2.75) is 75.9 Å². The zero-order valence-corrected chi connectivity index (χ0v) is 21.0. The molecule has 0 radical (unpaired) electrons. The number of rotatable bonds is 6. The van der Waals surface area contributed by atoms with E-state index in [-0.39, 0.29) is 43.3 Å². The first-order valence-electron chi connectivity index (χ1n) is 12.9. The molecule has 0 bridgehead atoms. The van der Waals surface area contributed by atoms with Crippen LogP contribution in [0.25, 0.3) is 6.08 Å². The molecule has 1 saturated heterocycles. The molecular weight excluding hydrogens is 491 g/mol. The number of halogens is 3. The van der Waals surface area contributed by atoms with Gasteiger partial charge in [-0.2, -0.15) is 17.5 Å². The van der Waals surface area contributed by atoms with E-state index in [0.717, 1.165) is 61.9 Å². The number of aliphatic imine (C=N–C) groups is 1. The van der Waals surface area contributed by atoms with Gasteiger partial charge in [0, 0.05) is 24.4 Å². The van der Waals surface area contributed by atoms with Gasteiger partial charge in [0.05, 0.1) is 5.56 Å². The highest BCUT2D eigenvalue weighted by molar-refractivity contribution is 7.92. The Kier molecular flexibility index (Phi) is 6.78. The van der Waals surface area contributed by atoms with Gasteiger partial charge in [0.1, 0.15) is 11.4 Å². The summed E-state index contributed by atoms with van der Waals surface area (Å²) in [5, 5.41) is 3.80. The smallest absolute Gasteiger partial charge is 0.312 e. The maximum Gasteiger partial charge on any atom is 0.416 e. The standard InChI is InChI=1S/C26H32F3N3O3S/c27-26(28,29)22-17-19(16-18-6-7-18)8-9-20(22)10-15-36(34,35)32-13-11-25(12-14-32)24(33)30-23(31-25)21-4-2-1-3-5-21/h8-10,15,17-18,21H,1-7,11-14,16H2,(H,30,31,33)/b15-10+. The van der Waals surface area contributed by atoms with Gasteiger partial charge in [0.15, 0.2) is 0 Å². The number of alkyl halides is 3. The molecule has 196 valence electrons. The third-order valence-corrected chi connectivity index (χ3v) is 9.53. The summed E-state index contributed by atoms with van der Waals surface area (Å²) in [6.45, 7) is 0.183. The molecule has 2 saturated carbocycles. The second kappa shape index (κ2) is 9.59. The van der Waals surface area contributed by atoms with Crippen molar-refractivity contribution in [3.05, 3.63) is 40.3 Å². The number of amidine groups is 1. The number of nitrogens with one attached hydrogen (secondary N) is 1. The second-order valence-corrected chi connectivity index (χ2v) is 12.4. The molecule has 1 N–H and O–H groups in total. The van der Waals surface area contributed by atoms with Crippen LogP contribution in [0.3, 0.4) is 0 Å². The third-order valence-electron chi connectivity index (χ3n) is 7.96. The number of nitrogens with zero attached hydrogens (tertiary/aromatic N) is 2. The van der Waals surface area contributed by atoms with Gasteiger partial charge in [0.25, 0.3) is 5.91 Å². The third kappa shape index (κ3) is 5.39. The molecule has 0 aromatic heterocycles. The number of benzene rings is 1. The van der Waals surface area contributed by atoms with E-state index in [4.69, 9.17) is 4.99 Å². The molecule has 2 aliphatic heterocycles. The summed E-state index contributed by atoms with van der Waals surface area (Å²) in [5.74, 6) is 1.27. The van der Waals surface area contributed by atoms with Crippen LogP contribution in [0.5, 0.6) is 0 Å². The van der Waals surface area contributed by atoms with Crippen molar-refractivity contribution >= 4 is 27.8 Å². The number of amides is 1. The maximum atomic E-state index is 13.7. The van der Waals surface area contributed by atoms with E-state index in [9.17, 15) is 26.4 Å². The number of carbonyl (C=O) groups excluding carboxylic acids is 1. The van der Waals surface area contributed by atoms with E-state index in [1.165, 1.54) is 16.8 Å². The minimum atomic E-state index is -4.58. The van der Waals surface area contributed by atoms with Crippen LogP contribution in [0.1, 0.15) is 74.5 Å². The normalized spacial score (nSPS) is 23.9. The summed E-state index contributed by atoms with van der Waals surface area (Å²) in [6.07, 6.45) is 5.07. The molecule has 1 amide bonds. The van der Waals surface area contributed by atoms with Crippen LogP contribution < -0.4 is 5.32 Å². The number of carbonyl (C=O) groups is 1. The summed E-state index contributed by atoms with van der Waals surface area (Å²) in [7, 11) is -3.96. The maximum absolute atomic E-state index is 13.7. The van der Waals surface area contributed by atoms with Gasteiger partial charge in [-0.25, -0.2) is 8.42 Å². The molecule has 1 spiro atoms. The molecule has 10 heteroatoms. The highest BCUT2D eigenvalue weighted by atomic mass is 32.2. The summed E-state index contributed by atoms with van der Waals surface area (Å²) in [4.78, 5) is 17.5. The predicted molar refractivity (Wildman–Crippen MR) is 132 cm³/mol. The van der Waals surface area contributed by atoms with E-state index in [1.807, 2.05) is 0 Å². The fraction of sp³-hybridized carbons (Fsp3) is 0.615. The van der Waals surface area contributed by atoms with Gasteiger partial charge in [0.2, 0.25) is 10.0 Å². The molecule has 5 rings (SSSR count). The largest absolute Gasteiger partial charge is 0.416 e. The quantitative estimate of drug-likeness (QED) is 0.576. The average Bonchev–Trinajstić information content (AvgIpc) is 3.61. The van der Waals surface area contributed by atoms with E-state index < -0.39 is 27.3 Å². The van der Waals surface area contributed by atoms with E-state index in [0.29, 0.717) is 17.9 Å². The Bertz CT molecular complexity index is 1170. The highest BCUT2D eigenvalue weighted by Gasteiger charge is 2.48. The first-order chi connectivity index (χ1) is 17.1. The Morgan fingerprint density at radius 2 is 1.78 bits per heavy atom. The van der Waals surface area contributed by atoms with E-state index >= 15 is 0 Å². The summed E-state index contributed by atoms with van der Waals surface area (Å²) < 4.78 is 68.2. The minimum Gasteiger partial charge on any atom is -0.312 e. The lowest BCUT2D eigenvalue weighted by molar-refractivity contribution is -0.137. The topological polar surface area (TPSA) is 78.8 Å². The SMILES string of the molecule is O=C1NC(C2CCCCC2)=NC12CCN(S(=O)(=O)/C=C/c1ccc(CC3CC3)cc1C(F)(F)F)CC2. The van der Waals surface area contributed by atoms with Crippen molar-refractivity contribution in [2.24, 2.45) is 16.8 Å². The molecule has 1 aromatic rings. The van der Waals surface area contributed by atoms with Crippen molar-refractivity contribution in [3.8, 4) is 0 Å². The van der Waals surface area contributed by atoms with Crippen molar-refractivity contribution in [1.29, 1.82) is 0 Å². The first-order valence-corrected chi connectivity index (χ1v) is 14.4. The van der Waals surface area contributed by atoms with Crippen LogP contribution in [0, 0.1) is 11.8 Å². The Balaban J connectivity index is 1.28. The fourth-order valence-corrected chi connectivity index (χ4v) is 6.76. The van der Waals surface area contributed by atoms with Crippen molar-refractivity contribution in [3.63, 3.8) is 0 Å². The Morgan fingerprint density at radius 3 is 2.42 bits per heavy atom. The van der Waals surface area contributed by atoms with E-state index in [2.05, 4.69) is 5.32 Å². The van der Waals surface area contributed by atoms with E-state index in [1.54, 1.807) is 6.07 Å². The minimum absolute atomic E-state index is 0.0913. The van der Waals surface area contributed by atoms with Crippen LogP contribution in [0.15, 0.2) is 28.6 Å². The molecule has 36 heavy (non-hydrogen) atoms. The van der Waals surface area contributed by atoms with Gasteiger partial charge < -0.3 is 5.32 Å². The molecule has 0 atom stereocenters. The molecular formula is C26H32F3N3O3S. The second-order valence-electron chi connectivity index (χ2n) is 10.6. The summed E-state index contributed by atoms with van der Waals surface area (Å²) >= 11 is 0. The number of hydrogen-bond donors (Lipinski definition) is 1. The van der Waals surface area contributed by atoms with Crippen LogP contribution in [-0.2, 0) is 27.4 Å². The molecule has 6 nitrogen and oxygen atoms in total. The Hall–Kier alpha value is -2.20. The predicted octanol–water partition coefficient (Wildman–Crippen LogP) is 4.90. The summed E-state index contributed by atoms with van der Waals surface area (Å²) in [6, 6.07) is 4.13. The monoisotopic (exact) mass is 523 g/mol. The lowest BCUT2D eigenvalue weighted by Gasteiger charge is -2.34. The lowest BCUT2D eigenvalue weighted by atomic mass is 9.88. The fourth-order valence-electron chi connectivity index (χ4n) is 5.58. The highest BCUT2D eigenvalue weighted by Crippen LogP contribution is 2.38. The lowest BCUT2D eigenvalue weighted by Crippen LogP contribution is -2.50. The van der Waals surface area contributed by atoms with Gasteiger partial charge in [-0.05, 0) is 74.1 Å². The number of hydrogen-bond acceptors (Lipinski definition) is 4. The molecule has 0 unspecified atom stereocenters. The van der Waals surface area contributed by atoms with Gasteiger partial charge >= 0.3 is 6.18 Å². The van der Waals surface area contributed by atoms with Crippen LogP contribution in [0.4, 0.5) is 13.2 Å². The zero-order valence-electron chi connectivity index (χ0n) is 20.2. The molecule has 2 heterocycles. The van der Waals surface area contributed by atoms with Crippen molar-refractivity contribution < 1.29 is 26.4 Å². The van der Waals surface area contributed by atoms with Crippen LogP contribution in [-0.4, -0.2) is 43.1 Å². The molecule has 2 aliphatic carbocycles. The van der Waals surface area contributed by atoms with Crippen LogP contribution >= 0.6 is 0 Å². The van der Waals surface area contributed by atoms with Gasteiger partial charge in [-0.1, -0.05) is 31.4 Å². The zero-order chi connectivity index (χ0) is 25.6. The van der Waals surface area contributed by atoms with Crippen LogP contribution in [0.2, 0.25) is 0 Å².